The number of fused-ring (bicyclic) bond motifs is 2. The number of allylic oxidation sites excluding steroid dienone is 1. The maximum Gasteiger partial charge on any atom is 0.139 e. The highest BCUT2D eigenvalue weighted by atomic mass is 16.1. The maximum absolute atomic E-state index is 11.5. The third kappa shape index (κ3) is 0.943. The molecule has 0 N–H and O–H groups in total. The van der Waals surface area contributed by atoms with Crippen molar-refractivity contribution in [3.05, 3.63) is 12.7 Å². The zero-order valence-electron chi connectivity index (χ0n) is 6.75. The second kappa shape index (κ2) is 2.47. The van der Waals surface area contributed by atoms with Crippen LogP contribution in [0.2, 0.25) is 0 Å². The van der Waals surface area contributed by atoms with Gasteiger partial charge in [-0.2, -0.15) is 0 Å². The number of hydrogen-bond donors (Lipinski definition) is 0. The summed E-state index contributed by atoms with van der Waals surface area (Å²) >= 11 is 0. The fourth-order valence-corrected chi connectivity index (χ4v) is 2.66. The summed E-state index contributed by atoms with van der Waals surface area (Å²) in [7, 11) is 0. The van der Waals surface area contributed by atoms with E-state index in [2.05, 4.69) is 6.58 Å². The minimum absolute atomic E-state index is 0.353. The molecule has 0 spiro atoms. The molecular weight excluding hydrogens is 136 g/mol. The first-order chi connectivity index (χ1) is 5.33. The molecule has 2 fully saturated rings. The Balaban J connectivity index is 2.11. The van der Waals surface area contributed by atoms with Crippen LogP contribution in [-0.2, 0) is 4.79 Å². The van der Waals surface area contributed by atoms with Crippen molar-refractivity contribution < 1.29 is 4.79 Å². The van der Waals surface area contributed by atoms with Gasteiger partial charge in [0.25, 0.3) is 0 Å². The number of carbonyl (C=O) groups excluding carboxylic acids is 1. The quantitative estimate of drug-likeness (QED) is 0.551. The molecule has 2 aliphatic carbocycles. The van der Waals surface area contributed by atoms with Crippen molar-refractivity contribution in [2.75, 3.05) is 0 Å². The van der Waals surface area contributed by atoms with Crippen molar-refractivity contribution in [2.45, 2.75) is 25.7 Å². The predicted molar refractivity (Wildman–Crippen MR) is 44.1 cm³/mol. The highest BCUT2D eigenvalue weighted by Gasteiger charge is 2.45. The predicted octanol–water partition coefficient (Wildman–Crippen LogP) is 2.18. The second-order valence-electron chi connectivity index (χ2n) is 3.80. The van der Waals surface area contributed by atoms with Gasteiger partial charge < -0.3 is 0 Å². The number of rotatable bonds is 2. The van der Waals surface area contributed by atoms with Crippen LogP contribution in [0.1, 0.15) is 25.7 Å². The Morgan fingerprint density at radius 2 is 2.36 bits per heavy atom. The van der Waals surface area contributed by atoms with Crippen molar-refractivity contribution in [3.8, 4) is 0 Å². The smallest absolute Gasteiger partial charge is 0.139 e. The van der Waals surface area contributed by atoms with E-state index >= 15 is 0 Å². The molecule has 2 saturated carbocycles. The van der Waals surface area contributed by atoms with E-state index in [0.717, 1.165) is 12.8 Å². The van der Waals surface area contributed by atoms with Gasteiger partial charge in [-0.3, -0.25) is 4.79 Å². The summed E-state index contributed by atoms with van der Waals surface area (Å²) < 4.78 is 0. The molecule has 0 aromatic carbocycles. The molecule has 0 heterocycles. The monoisotopic (exact) mass is 150 g/mol. The fraction of sp³-hybridized carbons (Fsp3) is 0.700. The summed E-state index contributed by atoms with van der Waals surface area (Å²) in [5, 5.41) is 0. The summed E-state index contributed by atoms with van der Waals surface area (Å²) in [4.78, 5) is 11.5. The molecule has 0 aromatic rings. The summed E-state index contributed by atoms with van der Waals surface area (Å²) in [6.45, 7) is 3.69. The Morgan fingerprint density at radius 3 is 2.91 bits per heavy atom. The van der Waals surface area contributed by atoms with Crippen LogP contribution in [0.5, 0.6) is 0 Å². The van der Waals surface area contributed by atoms with Crippen molar-refractivity contribution in [3.63, 3.8) is 0 Å². The maximum atomic E-state index is 11.5. The van der Waals surface area contributed by atoms with E-state index in [9.17, 15) is 4.79 Å². The van der Waals surface area contributed by atoms with Crippen LogP contribution in [0.15, 0.2) is 12.7 Å². The Kier molecular flexibility index (Phi) is 1.59. The molecule has 0 aromatic heterocycles. The fourth-order valence-electron chi connectivity index (χ4n) is 2.66. The summed E-state index contributed by atoms with van der Waals surface area (Å²) in [6, 6.07) is 0. The molecule has 3 atom stereocenters. The molecule has 1 heteroatoms. The first kappa shape index (κ1) is 7.08. The van der Waals surface area contributed by atoms with E-state index < -0.39 is 0 Å². The van der Waals surface area contributed by atoms with Gasteiger partial charge in [0.1, 0.15) is 5.78 Å². The summed E-state index contributed by atoms with van der Waals surface area (Å²) in [5.41, 5.74) is 0. The summed E-state index contributed by atoms with van der Waals surface area (Å²) in [6.07, 6.45) is 6.44. The van der Waals surface area contributed by atoms with Crippen LogP contribution < -0.4 is 0 Å². The molecule has 0 unspecified atom stereocenters. The van der Waals surface area contributed by atoms with E-state index in [4.69, 9.17) is 0 Å². The van der Waals surface area contributed by atoms with Gasteiger partial charge in [-0.05, 0) is 31.6 Å². The molecule has 0 saturated heterocycles. The lowest BCUT2D eigenvalue weighted by atomic mass is 9.85. The van der Waals surface area contributed by atoms with Gasteiger partial charge in [-0.1, -0.05) is 6.08 Å². The van der Waals surface area contributed by atoms with Gasteiger partial charge in [0.05, 0.1) is 0 Å². The minimum atomic E-state index is 0.353. The average molecular weight is 150 g/mol. The van der Waals surface area contributed by atoms with Crippen molar-refractivity contribution in [2.24, 2.45) is 17.8 Å². The minimum Gasteiger partial charge on any atom is -0.299 e. The largest absolute Gasteiger partial charge is 0.299 e. The van der Waals surface area contributed by atoms with Crippen LogP contribution in [0.3, 0.4) is 0 Å². The molecule has 0 aliphatic heterocycles. The number of carbonyl (C=O) groups is 1. The molecule has 0 amide bonds. The number of hydrogen-bond acceptors (Lipinski definition) is 1. The van der Waals surface area contributed by atoms with Crippen LogP contribution in [-0.4, -0.2) is 5.78 Å². The molecule has 2 rings (SSSR count). The Hall–Kier alpha value is -0.590. The highest BCUT2D eigenvalue weighted by molar-refractivity contribution is 5.86. The lowest BCUT2D eigenvalue weighted by Gasteiger charge is -2.18. The molecule has 11 heavy (non-hydrogen) atoms. The lowest BCUT2D eigenvalue weighted by Crippen LogP contribution is -2.21. The van der Waals surface area contributed by atoms with Crippen LogP contribution >= 0.6 is 0 Å². The van der Waals surface area contributed by atoms with Crippen LogP contribution in [0.25, 0.3) is 0 Å². The number of ketones is 1. The van der Waals surface area contributed by atoms with Crippen molar-refractivity contribution >= 4 is 5.78 Å². The second-order valence-corrected chi connectivity index (χ2v) is 3.80. The van der Waals surface area contributed by atoms with E-state index in [1.807, 2.05) is 6.08 Å². The number of Topliss-reactive ketones (excluding diaryl/α,β-unsaturated/α-hetero) is 1. The van der Waals surface area contributed by atoms with Crippen LogP contribution in [0.4, 0.5) is 0 Å². The zero-order valence-corrected chi connectivity index (χ0v) is 6.75. The van der Waals surface area contributed by atoms with Gasteiger partial charge in [-0.15, -0.1) is 6.58 Å². The molecular formula is C10H14O. The van der Waals surface area contributed by atoms with E-state index in [1.165, 1.54) is 12.8 Å². The van der Waals surface area contributed by atoms with Crippen molar-refractivity contribution in [1.29, 1.82) is 0 Å². The molecule has 1 nitrogen and oxygen atoms in total. The standard InChI is InChI=1S/C10H14O/c1-2-3-9-7-4-5-8(6-7)10(9)11/h2,7-9H,1,3-6H2/t7-,8+,9+/m0/s1. The van der Waals surface area contributed by atoms with Gasteiger partial charge in [0.15, 0.2) is 0 Å². The lowest BCUT2D eigenvalue weighted by molar-refractivity contribution is -0.125. The Morgan fingerprint density at radius 1 is 1.55 bits per heavy atom. The highest BCUT2D eigenvalue weighted by Crippen LogP contribution is 2.47. The van der Waals surface area contributed by atoms with Crippen molar-refractivity contribution in [1.82, 2.24) is 0 Å². The average Bonchev–Trinajstić information content (AvgIpc) is 2.54. The normalized spacial score (nSPS) is 41.5. The zero-order chi connectivity index (χ0) is 7.84. The van der Waals surface area contributed by atoms with E-state index in [0.29, 0.717) is 23.5 Å². The topological polar surface area (TPSA) is 17.1 Å². The Labute approximate surface area is 67.5 Å². The van der Waals surface area contributed by atoms with Gasteiger partial charge >= 0.3 is 0 Å². The van der Waals surface area contributed by atoms with Gasteiger partial charge in [-0.25, -0.2) is 0 Å². The molecule has 60 valence electrons. The Bertz CT molecular complexity index is 195. The van der Waals surface area contributed by atoms with Crippen LogP contribution in [0, 0.1) is 17.8 Å². The first-order valence-corrected chi connectivity index (χ1v) is 4.47. The molecule has 0 radical (unpaired) electrons. The van der Waals surface area contributed by atoms with Gasteiger partial charge in [0, 0.05) is 11.8 Å². The van der Waals surface area contributed by atoms with Gasteiger partial charge in [0.2, 0.25) is 0 Å². The van der Waals surface area contributed by atoms with E-state index in [1.54, 1.807) is 0 Å². The third-order valence-corrected chi connectivity index (χ3v) is 3.23. The molecule has 2 bridgehead atoms. The van der Waals surface area contributed by atoms with E-state index in [-0.39, 0.29) is 0 Å². The molecule has 2 aliphatic rings. The third-order valence-electron chi connectivity index (χ3n) is 3.23. The SMILES string of the molecule is C=CC[C@H]1C(=O)[C@@H]2CC[C@H]1C2. The first-order valence-electron chi connectivity index (χ1n) is 4.47. The summed E-state index contributed by atoms with van der Waals surface area (Å²) in [5.74, 6) is 2.03.